The number of nitrogens with zero attached hydrogens (tertiary/aromatic N) is 1. The van der Waals surface area contributed by atoms with Gasteiger partial charge in [0.25, 0.3) is 5.91 Å². The highest BCUT2D eigenvalue weighted by Crippen LogP contribution is 2.38. The number of hydrogen-bond donors (Lipinski definition) is 2. The van der Waals surface area contributed by atoms with Crippen molar-refractivity contribution in [3.8, 4) is 5.75 Å². The van der Waals surface area contributed by atoms with E-state index < -0.39 is 30.6 Å². The molecule has 3 heterocycles. The van der Waals surface area contributed by atoms with Gasteiger partial charge >= 0.3 is 12.2 Å². The summed E-state index contributed by atoms with van der Waals surface area (Å²) in [5, 5.41) is 4.74. The number of amides is 4. The zero-order valence-corrected chi connectivity index (χ0v) is 19.7. The number of anilines is 1. The lowest BCUT2D eigenvalue weighted by atomic mass is 10.0. The van der Waals surface area contributed by atoms with Crippen LogP contribution in [0.3, 0.4) is 0 Å². The maximum absolute atomic E-state index is 13.3. The maximum Gasteiger partial charge on any atom is 0.411 e. The minimum Gasteiger partial charge on any atom is -0.444 e. The summed E-state index contributed by atoms with van der Waals surface area (Å²) in [5.74, 6) is -1.10. The third-order valence-corrected chi connectivity index (χ3v) is 5.92. The molecule has 4 amide bonds. The van der Waals surface area contributed by atoms with Crippen molar-refractivity contribution in [3.63, 3.8) is 0 Å². The molecule has 1 unspecified atom stereocenters. The van der Waals surface area contributed by atoms with Gasteiger partial charge in [0.15, 0.2) is 0 Å². The first kappa shape index (κ1) is 25.1. The number of nitrogens with one attached hydrogen (secondary N) is 2. The summed E-state index contributed by atoms with van der Waals surface area (Å²) in [4.78, 5) is 50.0. The SMILES string of the molecule is CC.O=C1CCC(N2Cc3ccc(COC(=O)Nc4ccc5c(c4)CC(F)(F)O5)cc3C2=O)C(=O)N1. The van der Waals surface area contributed by atoms with E-state index >= 15 is 0 Å². The van der Waals surface area contributed by atoms with Crippen LogP contribution in [0.15, 0.2) is 36.4 Å². The fourth-order valence-corrected chi connectivity index (χ4v) is 4.31. The Morgan fingerprint density at radius 3 is 2.69 bits per heavy atom. The maximum atomic E-state index is 13.3. The van der Waals surface area contributed by atoms with Gasteiger partial charge < -0.3 is 14.4 Å². The Morgan fingerprint density at radius 2 is 1.94 bits per heavy atom. The molecule has 2 N–H and O–H groups in total. The van der Waals surface area contributed by atoms with Crippen LogP contribution in [0.25, 0.3) is 0 Å². The zero-order chi connectivity index (χ0) is 26.0. The Morgan fingerprint density at radius 1 is 1.17 bits per heavy atom. The molecule has 1 saturated heterocycles. The van der Waals surface area contributed by atoms with Crippen LogP contribution in [-0.2, 0) is 33.9 Å². The second kappa shape index (κ2) is 9.92. The van der Waals surface area contributed by atoms with Gasteiger partial charge in [0.05, 0.1) is 6.42 Å². The van der Waals surface area contributed by atoms with Gasteiger partial charge in [-0.3, -0.25) is 25.0 Å². The van der Waals surface area contributed by atoms with E-state index in [4.69, 9.17) is 4.74 Å². The van der Waals surface area contributed by atoms with E-state index in [1.165, 1.54) is 23.1 Å². The molecule has 36 heavy (non-hydrogen) atoms. The average Bonchev–Trinajstić information content (AvgIpc) is 3.33. The number of piperidine rings is 1. The van der Waals surface area contributed by atoms with E-state index in [9.17, 15) is 28.0 Å². The van der Waals surface area contributed by atoms with Gasteiger partial charge in [-0.15, -0.1) is 0 Å². The second-order valence-electron chi connectivity index (χ2n) is 8.33. The number of benzene rings is 2. The lowest BCUT2D eigenvalue weighted by Gasteiger charge is -2.29. The molecule has 0 aliphatic carbocycles. The van der Waals surface area contributed by atoms with Gasteiger partial charge in [0, 0.05) is 29.8 Å². The Kier molecular flexibility index (Phi) is 6.91. The molecule has 190 valence electrons. The van der Waals surface area contributed by atoms with Crippen LogP contribution in [0.1, 0.15) is 53.7 Å². The molecular weight excluding hydrogens is 476 g/mol. The van der Waals surface area contributed by atoms with Crippen molar-refractivity contribution in [2.24, 2.45) is 0 Å². The Balaban J connectivity index is 0.00000148. The third-order valence-electron chi connectivity index (χ3n) is 5.92. The molecule has 2 aromatic rings. The lowest BCUT2D eigenvalue weighted by molar-refractivity contribution is -0.159. The van der Waals surface area contributed by atoms with Gasteiger partial charge in [-0.2, -0.15) is 8.78 Å². The molecule has 5 rings (SSSR count). The minimum absolute atomic E-state index is 0.0677. The molecular formula is C25H25F2N3O6. The number of imide groups is 1. The molecule has 0 aromatic heterocycles. The lowest BCUT2D eigenvalue weighted by Crippen LogP contribution is -2.52. The molecule has 1 atom stereocenters. The molecule has 0 bridgehead atoms. The van der Waals surface area contributed by atoms with Crippen LogP contribution in [0.2, 0.25) is 0 Å². The van der Waals surface area contributed by atoms with Crippen LogP contribution in [-0.4, -0.2) is 40.9 Å². The molecule has 1 fully saturated rings. The predicted octanol–water partition coefficient (Wildman–Crippen LogP) is 3.75. The van der Waals surface area contributed by atoms with Crippen molar-refractivity contribution >= 4 is 29.5 Å². The molecule has 0 spiro atoms. The van der Waals surface area contributed by atoms with Crippen molar-refractivity contribution in [2.75, 3.05) is 5.32 Å². The fourth-order valence-electron chi connectivity index (χ4n) is 4.31. The van der Waals surface area contributed by atoms with E-state index in [1.807, 2.05) is 13.8 Å². The molecule has 3 aliphatic heterocycles. The van der Waals surface area contributed by atoms with Crippen molar-refractivity contribution < 1.29 is 37.4 Å². The number of carbonyl (C=O) groups excluding carboxylic acids is 4. The first-order valence-electron chi connectivity index (χ1n) is 11.6. The smallest absolute Gasteiger partial charge is 0.411 e. The summed E-state index contributed by atoms with van der Waals surface area (Å²) in [5.41, 5.74) is 2.27. The number of hydrogen-bond acceptors (Lipinski definition) is 6. The molecule has 0 saturated carbocycles. The number of halogens is 2. The molecule has 11 heteroatoms. The highest BCUT2D eigenvalue weighted by Gasteiger charge is 2.40. The summed E-state index contributed by atoms with van der Waals surface area (Å²) < 4.78 is 36.4. The first-order chi connectivity index (χ1) is 17.2. The minimum atomic E-state index is -3.26. The predicted molar refractivity (Wildman–Crippen MR) is 123 cm³/mol. The van der Waals surface area contributed by atoms with Crippen molar-refractivity contribution in [1.29, 1.82) is 0 Å². The normalized spacial score (nSPS) is 19.4. The van der Waals surface area contributed by atoms with Crippen molar-refractivity contribution in [3.05, 3.63) is 58.7 Å². The van der Waals surface area contributed by atoms with E-state index in [-0.39, 0.29) is 54.8 Å². The van der Waals surface area contributed by atoms with Gasteiger partial charge in [0.1, 0.15) is 18.4 Å². The van der Waals surface area contributed by atoms with Crippen molar-refractivity contribution in [2.45, 2.75) is 58.4 Å². The highest BCUT2D eigenvalue weighted by molar-refractivity contribution is 6.05. The highest BCUT2D eigenvalue weighted by atomic mass is 19.3. The van der Waals surface area contributed by atoms with Crippen LogP contribution in [0.4, 0.5) is 19.3 Å². The Hall–Kier alpha value is -4.02. The van der Waals surface area contributed by atoms with E-state index in [0.717, 1.165) is 5.56 Å². The summed E-state index contributed by atoms with van der Waals surface area (Å²) in [6.45, 7) is 4.13. The van der Waals surface area contributed by atoms with Gasteiger partial charge in [-0.1, -0.05) is 26.0 Å². The summed E-state index contributed by atoms with van der Waals surface area (Å²) in [6.07, 6.45) is -4.19. The van der Waals surface area contributed by atoms with Gasteiger partial charge in [-0.25, -0.2) is 4.79 Å². The van der Waals surface area contributed by atoms with E-state index in [0.29, 0.717) is 11.1 Å². The third kappa shape index (κ3) is 5.14. The molecule has 9 nitrogen and oxygen atoms in total. The number of ether oxygens (including phenoxy) is 2. The first-order valence-corrected chi connectivity index (χ1v) is 11.6. The van der Waals surface area contributed by atoms with E-state index in [2.05, 4.69) is 15.4 Å². The van der Waals surface area contributed by atoms with Crippen LogP contribution in [0, 0.1) is 0 Å². The monoisotopic (exact) mass is 501 g/mol. The molecule has 3 aliphatic rings. The number of alkyl halides is 2. The number of fused-ring (bicyclic) bond motifs is 2. The molecule has 2 aromatic carbocycles. The van der Waals surface area contributed by atoms with Crippen LogP contribution in [0.5, 0.6) is 5.75 Å². The standard InChI is InChI=1S/C23H19F2N3O6.C2H6/c24-23(25)9-14-8-15(3-5-18(14)34-23)26-22(32)33-11-12-1-2-13-10-28(21(31)16(13)7-12)17-4-6-19(29)27-20(17)30;1-2/h1-3,5,7-8,17H,4,6,9-11H2,(H,26,32)(H,27,29,30);1-2H3. The summed E-state index contributed by atoms with van der Waals surface area (Å²) in [7, 11) is 0. The number of rotatable bonds is 4. The van der Waals surface area contributed by atoms with Crippen LogP contribution >= 0.6 is 0 Å². The van der Waals surface area contributed by atoms with E-state index in [1.54, 1.807) is 18.2 Å². The molecule has 0 radical (unpaired) electrons. The van der Waals surface area contributed by atoms with Crippen LogP contribution < -0.4 is 15.4 Å². The average molecular weight is 501 g/mol. The summed E-state index contributed by atoms with van der Waals surface area (Å²) in [6, 6.07) is 8.52. The fraction of sp³-hybridized carbons (Fsp3) is 0.360. The topological polar surface area (TPSA) is 114 Å². The number of carbonyl (C=O) groups is 4. The van der Waals surface area contributed by atoms with Crippen molar-refractivity contribution in [1.82, 2.24) is 10.2 Å². The van der Waals surface area contributed by atoms with Gasteiger partial charge in [0.2, 0.25) is 11.8 Å². The quantitative estimate of drug-likeness (QED) is 0.617. The second-order valence-corrected chi connectivity index (χ2v) is 8.33. The van der Waals surface area contributed by atoms with Gasteiger partial charge in [-0.05, 0) is 41.8 Å². The summed E-state index contributed by atoms with van der Waals surface area (Å²) >= 11 is 0. The Labute approximate surface area is 205 Å². The Bertz CT molecular complexity index is 1230. The largest absolute Gasteiger partial charge is 0.444 e. The zero-order valence-electron chi connectivity index (χ0n) is 19.7.